The zero-order chi connectivity index (χ0) is 17.4. The number of fused-ring (bicyclic) bond motifs is 1. The van der Waals surface area contributed by atoms with Crippen LogP contribution < -0.4 is 4.74 Å². The highest BCUT2D eigenvalue weighted by Crippen LogP contribution is 2.34. The van der Waals surface area contributed by atoms with Crippen LogP contribution in [0.4, 0.5) is 0 Å². The van der Waals surface area contributed by atoms with Gasteiger partial charge < -0.3 is 4.74 Å². The topological polar surface area (TPSA) is 22.1 Å². The summed E-state index contributed by atoms with van der Waals surface area (Å²) in [6.45, 7) is 8.71. The maximum absolute atomic E-state index is 6.21. The fourth-order valence-electron chi connectivity index (χ4n) is 3.24. The molecule has 0 unspecified atom stereocenters. The maximum atomic E-state index is 6.21. The number of rotatable bonds is 10. The summed E-state index contributed by atoms with van der Waals surface area (Å²) >= 11 is 0. The number of benzene rings is 1. The molecule has 0 amide bonds. The van der Waals surface area contributed by atoms with E-state index >= 15 is 0 Å². The lowest BCUT2D eigenvalue weighted by molar-refractivity contribution is 0.242. The Morgan fingerprint density at radius 2 is 1.62 bits per heavy atom. The average Bonchev–Trinajstić information content (AvgIpc) is 2.57. The van der Waals surface area contributed by atoms with Crippen LogP contribution in [-0.2, 0) is 12.8 Å². The van der Waals surface area contributed by atoms with Crippen LogP contribution in [0.25, 0.3) is 10.9 Å². The average molecular weight is 328 g/mol. The lowest BCUT2D eigenvalue weighted by atomic mass is 9.96. The van der Waals surface area contributed by atoms with Gasteiger partial charge in [-0.1, -0.05) is 51.7 Å². The van der Waals surface area contributed by atoms with Crippen LogP contribution in [0.15, 0.2) is 24.4 Å². The SMILES string of the molecule is CCCCCc1cc(CCCCC)c2cccnc2c1OC(C)C. The van der Waals surface area contributed by atoms with Gasteiger partial charge in [0.2, 0.25) is 0 Å². The summed E-state index contributed by atoms with van der Waals surface area (Å²) in [6, 6.07) is 6.64. The Morgan fingerprint density at radius 1 is 0.958 bits per heavy atom. The third kappa shape index (κ3) is 4.96. The Labute approximate surface area is 147 Å². The lowest BCUT2D eigenvalue weighted by Crippen LogP contribution is -2.09. The first-order valence-electron chi connectivity index (χ1n) is 9.73. The van der Waals surface area contributed by atoms with E-state index in [1.807, 2.05) is 12.3 Å². The number of aromatic nitrogens is 1. The van der Waals surface area contributed by atoms with Crippen LogP contribution in [-0.4, -0.2) is 11.1 Å². The molecule has 0 bridgehead atoms. The first kappa shape index (κ1) is 18.8. The first-order valence-corrected chi connectivity index (χ1v) is 9.73. The molecule has 0 N–H and O–H groups in total. The first-order chi connectivity index (χ1) is 11.7. The van der Waals surface area contributed by atoms with Gasteiger partial charge >= 0.3 is 0 Å². The van der Waals surface area contributed by atoms with Crippen molar-refractivity contribution < 1.29 is 4.74 Å². The third-order valence-electron chi connectivity index (χ3n) is 4.46. The number of hydrogen-bond donors (Lipinski definition) is 0. The molecule has 1 aromatic carbocycles. The van der Waals surface area contributed by atoms with Crippen molar-refractivity contribution in [3.63, 3.8) is 0 Å². The molecule has 1 aromatic heterocycles. The Bertz CT molecular complexity index is 633. The number of unbranched alkanes of at least 4 members (excludes halogenated alkanes) is 4. The van der Waals surface area contributed by atoms with Gasteiger partial charge in [-0.15, -0.1) is 0 Å². The third-order valence-corrected chi connectivity index (χ3v) is 4.46. The molecular formula is C22H33NO. The molecule has 0 radical (unpaired) electrons. The van der Waals surface area contributed by atoms with E-state index in [9.17, 15) is 0 Å². The molecular weight excluding hydrogens is 294 g/mol. The normalized spacial score (nSPS) is 11.4. The second-order valence-electron chi connectivity index (χ2n) is 7.00. The van der Waals surface area contributed by atoms with E-state index in [0.717, 1.165) is 24.1 Å². The van der Waals surface area contributed by atoms with E-state index in [2.05, 4.69) is 44.8 Å². The highest BCUT2D eigenvalue weighted by atomic mass is 16.5. The molecule has 2 rings (SSSR count). The molecule has 0 spiro atoms. The van der Waals surface area contributed by atoms with E-state index in [1.165, 1.54) is 55.0 Å². The van der Waals surface area contributed by atoms with Gasteiger partial charge in [0.1, 0.15) is 11.3 Å². The van der Waals surface area contributed by atoms with Crippen molar-refractivity contribution >= 4 is 10.9 Å². The highest BCUT2D eigenvalue weighted by molar-refractivity contribution is 5.89. The number of nitrogens with zero attached hydrogens (tertiary/aromatic N) is 1. The van der Waals surface area contributed by atoms with Crippen molar-refractivity contribution in [2.24, 2.45) is 0 Å². The number of aryl methyl sites for hydroxylation is 2. The second-order valence-corrected chi connectivity index (χ2v) is 7.00. The molecule has 2 heteroatoms. The van der Waals surface area contributed by atoms with Gasteiger partial charge in [-0.2, -0.15) is 0 Å². The highest BCUT2D eigenvalue weighted by Gasteiger charge is 2.15. The van der Waals surface area contributed by atoms with Crippen molar-refractivity contribution in [1.82, 2.24) is 4.98 Å². The fourth-order valence-corrected chi connectivity index (χ4v) is 3.24. The molecule has 0 aliphatic carbocycles. The predicted octanol–water partition coefficient (Wildman–Crippen LogP) is 6.49. The van der Waals surface area contributed by atoms with E-state index < -0.39 is 0 Å². The molecule has 0 aliphatic heterocycles. The Kier molecular flexibility index (Phi) is 7.55. The molecule has 132 valence electrons. The Balaban J connectivity index is 2.44. The molecule has 2 nitrogen and oxygen atoms in total. The molecule has 0 atom stereocenters. The Hall–Kier alpha value is -1.57. The summed E-state index contributed by atoms with van der Waals surface area (Å²) in [6.07, 6.45) is 11.8. The van der Waals surface area contributed by atoms with Gasteiger partial charge in [0.05, 0.1) is 6.10 Å². The van der Waals surface area contributed by atoms with Gasteiger partial charge in [0, 0.05) is 11.6 Å². The molecule has 24 heavy (non-hydrogen) atoms. The smallest absolute Gasteiger partial charge is 0.149 e. The van der Waals surface area contributed by atoms with E-state index in [4.69, 9.17) is 4.74 Å². The zero-order valence-corrected chi connectivity index (χ0v) is 15.9. The van der Waals surface area contributed by atoms with Gasteiger partial charge in [-0.3, -0.25) is 4.98 Å². The van der Waals surface area contributed by atoms with Gasteiger partial charge in [-0.25, -0.2) is 0 Å². The van der Waals surface area contributed by atoms with Crippen molar-refractivity contribution in [2.45, 2.75) is 85.2 Å². The number of hydrogen-bond acceptors (Lipinski definition) is 2. The fraction of sp³-hybridized carbons (Fsp3) is 0.591. The van der Waals surface area contributed by atoms with Crippen molar-refractivity contribution in [1.29, 1.82) is 0 Å². The van der Waals surface area contributed by atoms with E-state index in [-0.39, 0.29) is 6.10 Å². The van der Waals surface area contributed by atoms with Gasteiger partial charge in [-0.05, 0) is 56.7 Å². The minimum atomic E-state index is 0.172. The minimum absolute atomic E-state index is 0.172. The van der Waals surface area contributed by atoms with Crippen molar-refractivity contribution in [3.05, 3.63) is 35.5 Å². The maximum Gasteiger partial charge on any atom is 0.149 e. The predicted molar refractivity (Wildman–Crippen MR) is 104 cm³/mol. The van der Waals surface area contributed by atoms with Crippen LogP contribution in [0.1, 0.15) is 77.3 Å². The summed E-state index contributed by atoms with van der Waals surface area (Å²) in [5, 5.41) is 1.27. The monoisotopic (exact) mass is 327 g/mol. The molecule has 2 aromatic rings. The summed E-state index contributed by atoms with van der Waals surface area (Å²) in [5.74, 6) is 1.01. The number of pyridine rings is 1. The van der Waals surface area contributed by atoms with Crippen LogP contribution in [0.5, 0.6) is 5.75 Å². The Morgan fingerprint density at radius 3 is 2.25 bits per heavy atom. The van der Waals surface area contributed by atoms with Crippen LogP contribution in [0.2, 0.25) is 0 Å². The lowest BCUT2D eigenvalue weighted by Gasteiger charge is -2.19. The quantitative estimate of drug-likeness (QED) is 0.465. The molecule has 1 heterocycles. The van der Waals surface area contributed by atoms with E-state index in [0.29, 0.717) is 0 Å². The summed E-state index contributed by atoms with van der Waals surface area (Å²) in [5.41, 5.74) is 3.83. The molecule has 0 fully saturated rings. The second kappa shape index (κ2) is 9.66. The minimum Gasteiger partial charge on any atom is -0.488 e. The van der Waals surface area contributed by atoms with Crippen molar-refractivity contribution in [3.8, 4) is 5.75 Å². The summed E-state index contributed by atoms with van der Waals surface area (Å²) < 4.78 is 6.21. The molecule has 0 saturated heterocycles. The molecule has 0 saturated carbocycles. The van der Waals surface area contributed by atoms with Crippen molar-refractivity contribution in [2.75, 3.05) is 0 Å². The number of ether oxygens (including phenoxy) is 1. The van der Waals surface area contributed by atoms with Crippen LogP contribution in [0, 0.1) is 0 Å². The van der Waals surface area contributed by atoms with Gasteiger partial charge in [0.15, 0.2) is 0 Å². The largest absolute Gasteiger partial charge is 0.488 e. The molecule has 0 aliphatic rings. The zero-order valence-electron chi connectivity index (χ0n) is 15.9. The van der Waals surface area contributed by atoms with Gasteiger partial charge in [0.25, 0.3) is 0 Å². The van der Waals surface area contributed by atoms with Crippen LogP contribution in [0.3, 0.4) is 0 Å². The summed E-state index contributed by atoms with van der Waals surface area (Å²) in [7, 11) is 0. The van der Waals surface area contributed by atoms with Crippen LogP contribution >= 0.6 is 0 Å². The van der Waals surface area contributed by atoms with E-state index in [1.54, 1.807) is 0 Å². The summed E-state index contributed by atoms with van der Waals surface area (Å²) in [4.78, 5) is 4.69. The standard InChI is InChI=1S/C22H33NO/c1-5-7-9-12-18-16-19(13-10-8-6-2)22(24-17(3)4)21-20(18)14-11-15-23-21/h11,14-17H,5-10,12-13H2,1-4H3.